The lowest BCUT2D eigenvalue weighted by atomic mass is 10.0. The average Bonchev–Trinajstić information content (AvgIpc) is 2.89. The molecule has 8 heteroatoms. The lowest BCUT2D eigenvalue weighted by molar-refractivity contribution is 0.0733. The molecular weight excluding hydrogens is 512 g/mol. The van der Waals surface area contributed by atoms with E-state index in [1.807, 2.05) is 36.4 Å². The highest BCUT2D eigenvalue weighted by molar-refractivity contribution is 9.10. The number of nitrogens with one attached hydrogen (secondary N) is 1. The topological polar surface area (TPSA) is 86.2 Å². The summed E-state index contributed by atoms with van der Waals surface area (Å²) in [6.45, 7) is 0. The van der Waals surface area contributed by atoms with E-state index in [-0.39, 0.29) is 17.2 Å². The summed E-state index contributed by atoms with van der Waals surface area (Å²) >= 11 is 3.41. The molecule has 0 saturated carbocycles. The Kier molecular flexibility index (Phi) is 7.42. The van der Waals surface area contributed by atoms with Gasteiger partial charge in [-0.1, -0.05) is 52.3 Å². The van der Waals surface area contributed by atoms with Gasteiger partial charge in [-0.2, -0.15) is 5.10 Å². The van der Waals surface area contributed by atoms with Gasteiger partial charge >= 0.3 is 5.97 Å². The van der Waals surface area contributed by atoms with Crippen molar-refractivity contribution in [2.75, 3.05) is 14.2 Å². The zero-order valence-corrected chi connectivity index (χ0v) is 20.5. The first-order valence-corrected chi connectivity index (χ1v) is 11.3. The van der Waals surface area contributed by atoms with E-state index in [4.69, 9.17) is 14.2 Å². The molecule has 176 valence electrons. The molecule has 0 radical (unpaired) electrons. The number of hydrogen-bond acceptors (Lipinski definition) is 6. The molecule has 1 N–H and O–H groups in total. The summed E-state index contributed by atoms with van der Waals surface area (Å²) in [7, 11) is 3.01. The van der Waals surface area contributed by atoms with Gasteiger partial charge in [0.25, 0.3) is 5.91 Å². The van der Waals surface area contributed by atoms with Gasteiger partial charge in [-0.05, 0) is 53.2 Å². The lowest BCUT2D eigenvalue weighted by Crippen LogP contribution is -2.18. The van der Waals surface area contributed by atoms with Gasteiger partial charge in [-0.25, -0.2) is 10.2 Å². The maximum absolute atomic E-state index is 12.8. The van der Waals surface area contributed by atoms with E-state index in [2.05, 4.69) is 26.5 Å². The van der Waals surface area contributed by atoms with E-state index >= 15 is 0 Å². The maximum Gasteiger partial charge on any atom is 0.343 e. The third kappa shape index (κ3) is 5.50. The molecule has 0 saturated heterocycles. The third-order valence-corrected chi connectivity index (χ3v) is 5.69. The summed E-state index contributed by atoms with van der Waals surface area (Å²) in [4.78, 5) is 25.5. The molecule has 7 nitrogen and oxygen atoms in total. The van der Waals surface area contributed by atoms with Crippen LogP contribution in [0.3, 0.4) is 0 Å². The number of rotatable bonds is 7. The van der Waals surface area contributed by atoms with E-state index in [1.165, 1.54) is 26.5 Å². The second kappa shape index (κ2) is 10.8. The lowest BCUT2D eigenvalue weighted by Gasteiger charge is -2.11. The summed E-state index contributed by atoms with van der Waals surface area (Å²) in [5.74, 6) is 0.258. The predicted octanol–water partition coefficient (Wildman–Crippen LogP) is 5.60. The van der Waals surface area contributed by atoms with Gasteiger partial charge in [0.15, 0.2) is 11.5 Å². The van der Waals surface area contributed by atoms with Gasteiger partial charge in [0.2, 0.25) is 0 Å². The number of methoxy groups -OCH3 is 2. The minimum absolute atomic E-state index is 0.274. The Bertz CT molecular complexity index is 1430. The van der Waals surface area contributed by atoms with Crippen LogP contribution in [0.4, 0.5) is 0 Å². The van der Waals surface area contributed by atoms with Crippen LogP contribution in [0.15, 0.2) is 88.4 Å². The minimum atomic E-state index is -0.581. The van der Waals surface area contributed by atoms with Crippen molar-refractivity contribution in [3.63, 3.8) is 0 Å². The Morgan fingerprint density at radius 1 is 0.857 bits per heavy atom. The number of carbonyl (C=O) groups excluding carboxylic acids is 2. The fraction of sp³-hybridized carbons (Fsp3) is 0.0741. The first-order chi connectivity index (χ1) is 17.0. The highest BCUT2D eigenvalue weighted by Crippen LogP contribution is 2.29. The van der Waals surface area contributed by atoms with E-state index < -0.39 is 5.97 Å². The van der Waals surface area contributed by atoms with E-state index in [1.54, 1.807) is 36.4 Å². The number of esters is 1. The van der Waals surface area contributed by atoms with Crippen molar-refractivity contribution < 1.29 is 23.8 Å². The molecule has 1 amide bonds. The van der Waals surface area contributed by atoms with Crippen LogP contribution in [0.5, 0.6) is 17.2 Å². The molecule has 4 aromatic carbocycles. The molecule has 0 unspecified atom stereocenters. The molecule has 0 aromatic heterocycles. The van der Waals surface area contributed by atoms with Gasteiger partial charge in [-0.3, -0.25) is 4.79 Å². The molecule has 4 aromatic rings. The SMILES string of the molecule is COc1ccc(C(=O)Oc2ccc(Br)cc2C=NNC(=O)c2cccc3ccccc23)cc1OC. The van der Waals surface area contributed by atoms with Crippen molar-refractivity contribution >= 4 is 44.8 Å². The summed E-state index contributed by atoms with van der Waals surface area (Å²) < 4.78 is 16.8. The van der Waals surface area contributed by atoms with Crippen LogP contribution < -0.4 is 19.6 Å². The normalized spacial score (nSPS) is 10.8. The number of halogens is 1. The fourth-order valence-electron chi connectivity index (χ4n) is 3.48. The standard InChI is InChI=1S/C27H21BrN2O5/c1-33-24-12-10-18(15-25(24)34-2)27(32)35-23-13-11-20(28)14-19(23)16-29-30-26(31)22-9-5-7-17-6-3-4-8-21(17)22/h3-16H,1-2H3,(H,30,31). The molecule has 0 atom stereocenters. The van der Waals surface area contributed by atoms with Crippen molar-refractivity contribution in [3.05, 3.63) is 100 Å². The molecule has 0 aliphatic carbocycles. The highest BCUT2D eigenvalue weighted by atomic mass is 79.9. The molecule has 0 spiro atoms. The van der Waals surface area contributed by atoms with Crippen LogP contribution >= 0.6 is 15.9 Å². The Morgan fingerprint density at radius 2 is 1.60 bits per heavy atom. The molecule has 0 bridgehead atoms. The smallest absolute Gasteiger partial charge is 0.343 e. The zero-order valence-electron chi connectivity index (χ0n) is 18.9. The molecular formula is C27H21BrN2O5. The summed E-state index contributed by atoms with van der Waals surface area (Å²) in [6, 6.07) is 23.0. The first-order valence-electron chi connectivity index (χ1n) is 10.5. The predicted molar refractivity (Wildman–Crippen MR) is 138 cm³/mol. The van der Waals surface area contributed by atoms with Gasteiger partial charge in [0.05, 0.1) is 26.0 Å². The van der Waals surface area contributed by atoms with Crippen LogP contribution in [0.2, 0.25) is 0 Å². The molecule has 0 aliphatic heterocycles. The summed E-state index contributed by atoms with van der Waals surface area (Å²) in [5, 5.41) is 5.87. The van der Waals surface area contributed by atoms with Crippen LogP contribution in [0, 0.1) is 0 Å². The van der Waals surface area contributed by atoms with Crippen molar-refractivity contribution in [3.8, 4) is 17.2 Å². The van der Waals surface area contributed by atoms with Crippen LogP contribution in [-0.2, 0) is 0 Å². The van der Waals surface area contributed by atoms with Gasteiger partial charge in [0, 0.05) is 15.6 Å². The Balaban J connectivity index is 1.53. The number of carbonyl (C=O) groups is 2. The number of nitrogens with zero attached hydrogens (tertiary/aromatic N) is 1. The second-order valence-electron chi connectivity index (χ2n) is 7.37. The van der Waals surface area contributed by atoms with Crippen LogP contribution in [0.25, 0.3) is 10.8 Å². The maximum atomic E-state index is 12.8. The Hall–Kier alpha value is -4.17. The van der Waals surface area contributed by atoms with Gasteiger partial charge in [0.1, 0.15) is 5.75 Å². The molecule has 0 aliphatic rings. The minimum Gasteiger partial charge on any atom is -0.493 e. The quantitative estimate of drug-likeness (QED) is 0.145. The molecule has 35 heavy (non-hydrogen) atoms. The van der Waals surface area contributed by atoms with Crippen LogP contribution in [-0.4, -0.2) is 32.3 Å². The monoisotopic (exact) mass is 532 g/mol. The summed E-state index contributed by atoms with van der Waals surface area (Å²) in [6.07, 6.45) is 1.42. The molecule has 0 heterocycles. The second-order valence-corrected chi connectivity index (χ2v) is 8.28. The van der Waals surface area contributed by atoms with Crippen molar-refractivity contribution in [1.29, 1.82) is 0 Å². The number of amides is 1. The number of ether oxygens (including phenoxy) is 3. The van der Waals surface area contributed by atoms with Crippen LogP contribution in [0.1, 0.15) is 26.3 Å². The number of hydrazone groups is 1. The Morgan fingerprint density at radius 3 is 2.40 bits per heavy atom. The number of hydrogen-bond donors (Lipinski definition) is 1. The van der Waals surface area contributed by atoms with Gasteiger partial charge < -0.3 is 14.2 Å². The van der Waals surface area contributed by atoms with E-state index in [9.17, 15) is 9.59 Å². The van der Waals surface area contributed by atoms with E-state index in [0.29, 0.717) is 22.6 Å². The van der Waals surface area contributed by atoms with Crippen molar-refractivity contribution in [2.45, 2.75) is 0 Å². The zero-order chi connectivity index (χ0) is 24.8. The van der Waals surface area contributed by atoms with Crippen molar-refractivity contribution in [2.24, 2.45) is 5.10 Å². The molecule has 4 rings (SSSR count). The van der Waals surface area contributed by atoms with Gasteiger partial charge in [-0.15, -0.1) is 0 Å². The van der Waals surface area contributed by atoms with Crippen molar-refractivity contribution in [1.82, 2.24) is 5.43 Å². The molecule has 0 fully saturated rings. The first kappa shape index (κ1) is 24.0. The highest BCUT2D eigenvalue weighted by Gasteiger charge is 2.15. The largest absolute Gasteiger partial charge is 0.493 e. The fourth-order valence-corrected chi connectivity index (χ4v) is 3.86. The number of fused-ring (bicyclic) bond motifs is 1. The third-order valence-electron chi connectivity index (χ3n) is 5.20. The summed E-state index contributed by atoms with van der Waals surface area (Å²) in [5.41, 5.74) is 3.83. The Labute approximate surface area is 210 Å². The number of benzene rings is 4. The van der Waals surface area contributed by atoms with E-state index in [0.717, 1.165) is 15.2 Å². The average molecular weight is 533 g/mol.